The molecular weight excluding hydrogens is 310 g/mol. The number of halogens is 1. The molecule has 7 heteroatoms. The number of thiophene rings is 1. The van der Waals surface area contributed by atoms with Gasteiger partial charge in [0.05, 0.1) is 13.1 Å². The molecule has 2 aromatic rings. The van der Waals surface area contributed by atoms with Crippen molar-refractivity contribution in [3.8, 4) is 0 Å². The summed E-state index contributed by atoms with van der Waals surface area (Å²) < 4.78 is 1.25. The first kappa shape index (κ1) is 17.4. The molecule has 0 fully saturated rings. The number of hydrogen-bond donors (Lipinski definition) is 3. The maximum Gasteiger partial charge on any atom is 0.239 e. The summed E-state index contributed by atoms with van der Waals surface area (Å²) in [6.07, 6.45) is 0.778. The van der Waals surface area contributed by atoms with E-state index in [1.54, 1.807) is 11.3 Å². The van der Waals surface area contributed by atoms with Crippen molar-refractivity contribution in [1.29, 1.82) is 0 Å². The molecule has 5 nitrogen and oxygen atoms in total. The minimum atomic E-state index is -0.330. The van der Waals surface area contributed by atoms with Crippen LogP contribution in [0.4, 0.5) is 0 Å². The largest absolute Gasteiger partial charge is 0.354 e. The van der Waals surface area contributed by atoms with Crippen LogP contribution in [0.1, 0.15) is 5.56 Å². The highest BCUT2D eigenvalue weighted by Gasteiger charge is 2.05. The molecule has 1 aromatic heterocycles. The van der Waals surface area contributed by atoms with E-state index in [0.717, 1.165) is 6.42 Å². The van der Waals surface area contributed by atoms with E-state index in [1.807, 2.05) is 12.1 Å². The van der Waals surface area contributed by atoms with E-state index in [2.05, 4.69) is 28.1 Å². The zero-order chi connectivity index (χ0) is 14.4. The van der Waals surface area contributed by atoms with Crippen LogP contribution in [0.15, 0.2) is 29.6 Å². The van der Waals surface area contributed by atoms with Crippen molar-refractivity contribution in [2.45, 2.75) is 6.42 Å². The van der Waals surface area contributed by atoms with Crippen molar-refractivity contribution in [2.24, 2.45) is 5.73 Å². The Morgan fingerprint density at radius 3 is 2.67 bits per heavy atom. The second-order valence-electron chi connectivity index (χ2n) is 4.34. The van der Waals surface area contributed by atoms with Gasteiger partial charge in [0.25, 0.3) is 0 Å². The van der Waals surface area contributed by atoms with Gasteiger partial charge in [-0.2, -0.15) is 0 Å². The summed E-state index contributed by atoms with van der Waals surface area (Å²) in [6.45, 7) is 0.423. The molecule has 2 amide bonds. The monoisotopic (exact) mass is 327 g/mol. The number of benzene rings is 1. The summed E-state index contributed by atoms with van der Waals surface area (Å²) in [6, 6.07) is 8.21. The third-order valence-electron chi connectivity index (χ3n) is 2.91. The summed E-state index contributed by atoms with van der Waals surface area (Å²) in [5, 5.41) is 8.56. The summed E-state index contributed by atoms with van der Waals surface area (Å²) in [7, 11) is 0. The maximum atomic E-state index is 11.5. The topological polar surface area (TPSA) is 84.2 Å². The first-order valence-corrected chi connectivity index (χ1v) is 7.27. The molecule has 0 unspecified atom stereocenters. The lowest BCUT2D eigenvalue weighted by atomic mass is 10.1. The number of amides is 2. The van der Waals surface area contributed by atoms with E-state index >= 15 is 0 Å². The molecule has 1 aromatic carbocycles. The molecule has 0 atom stereocenters. The molecule has 0 spiro atoms. The molecule has 114 valence electrons. The molecule has 0 aliphatic heterocycles. The molecule has 0 bridgehead atoms. The fourth-order valence-corrected chi connectivity index (χ4v) is 2.87. The Morgan fingerprint density at radius 1 is 1.14 bits per heavy atom. The number of nitrogens with two attached hydrogens (primary N) is 1. The quantitative estimate of drug-likeness (QED) is 0.741. The number of nitrogens with one attached hydrogen (secondary N) is 2. The molecular formula is C14H18ClN3O2S. The lowest BCUT2D eigenvalue weighted by molar-refractivity contribution is -0.125. The van der Waals surface area contributed by atoms with E-state index in [1.165, 1.54) is 15.6 Å². The van der Waals surface area contributed by atoms with Gasteiger partial charge >= 0.3 is 0 Å². The van der Waals surface area contributed by atoms with Gasteiger partial charge in [-0.15, -0.1) is 23.7 Å². The summed E-state index contributed by atoms with van der Waals surface area (Å²) >= 11 is 1.71. The van der Waals surface area contributed by atoms with Crippen LogP contribution >= 0.6 is 23.7 Å². The van der Waals surface area contributed by atoms with Crippen LogP contribution < -0.4 is 16.4 Å². The highest BCUT2D eigenvalue weighted by molar-refractivity contribution is 7.17. The van der Waals surface area contributed by atoms with Crippen LogP contribution in [0, 0.1) is 0 Å². The van der Waals surface area contributed by atoms with Crippen molar-refractivity contribution in [1.82, 2.24) is 10.6 Å². The Bertz CT molecular complexity index is 615. The molecule has 0 aliphatic carbocycles. The predicted molar refractivity (Wildman–Crippen MR) is 87.9 cm³/mol. The number of rotatable bonds is 6. The fourth-order valence-electron chi connectivity index (χ4n) is 1.88. The molecule has 1 heterocycles. The Balaban J connectivity index is 0.00000220. The molecule has 0 radical (unpaired) electrons. The van der Waals surface area contributed by atoms with Gasteiger partial charge in [0.15, 0.2) is 0 Å². The Kier molecular flexibility index (Phi) is 7.14. The number of carbonyl (C=O) groups excluding carboxylic acids is 2. The van der Waals surface area contributed by atoms with E-state index in [0.29, 0.717) is 6.54 Å². The van der Waals surface area contributed by atoms with Crippen LogP contribution in [0.25, 0.3) is 10.1 Å². The third-order valence-corrected chi connectivity index (χ3v) is 3.92. The lowest BCUT2D eigenvalue weighted by Gasteiger charge is -2.06. The van der Waals surface area contributed by atoms with Gasteiger partial charge in [-0.05, 0) is 28.8 Å². The molecule has 4 N–H and O–H groups in total. The van der Waals surface area contributed by atoms with Gasteiger partial charge in [0.1, 0.15) is 0 Å². The zero-order valence-electron chi connectivity index (χ0n) is 11.4. The number of carbonyl (C=O) groups is 2. The second kappa shape index (κ2) is 8.61. The van der Waals surface area contributed by atoms with Crippen molar-refractivity contribution in [3.05, 3.63) is 35.2 Å². The summed E-state index contributed by atoms with van der Waals surface area (Å²) in [5.41, 5.74) is 6.37. The number of fused-ring (bicyclic) bond motifs is 1. The van der Waals surface area contributed by atoms with E-state index < -0.39 is 0 Å². The molecule has 21 heavy (non-hydrogen) atoms. The standard InChI is InChI=1S/C14H17N3O2S.ClH/c15-7-13(18)17-8-14(19)16-6-5-10-9-20-12-4-2-1-3-11(10)12;/h1-4,9H,5-8,15H2,(H,16,19)(H,17,18);1H. The van der Waals surface area contributed by atoms with Crippen LogP contribution in [-0.4, -0.2) is 31.4 Å². The van der Waals surface area contributed by atoms with Gasteiger partial charge in [0.2, 0.25) is 11.8 Å². The molecule has 2 rings (SSSR count). The SMILES string of the molecule is Cl.NCC(=O)NCC(=O)NCCc1csc2ccccc12. The summed E-state index contributed by atoms with van der Waals surface area (Å²) in [5.74, 6) is -0.532. The van der Waals surface area contributed by atoms with Crippen LogP contribution in [0.3, 0.4) is 0 Å². The smallest absolute Gasteiger partial charge is 0.239 e. The predicted octanol–water partition coefficient (Wildman–Crippen LogP) is 1.06. The zero-order valence-corrected chi connectivity index (χ0v) is 13.1. The third kappa shape index (κ3) is 5.00. The first-order valence-electron chi connectivity index (χ1n) is 6.39. The van der Waals surface area contributed by atoms with Crippen LogP contribution in [-0.2, 0) is 16.0 Å². The Morgan fingerprint density at radius 2 is 1.90 bits per heavy atom. The highest BCUT2D eigenvalue weighted by Crippen LogP contribution is 2.25. The average molecular weight is 328 g/mol. The molecule has 0 saturated heterocycles. The van der Waals surface area contributed by atoms with Gasteiger partial charge in [-0.25, -0.2) is 0 Å². The van der Waals surface area contributed by atoms with E-state index in [-0.39, 0.29) is 37.3 Å². The minimum Gasteiger partial charge on any atom is -0.354 e. The highest BCUT2D eigenvalue weighted by atomic mass is 35.5. The molecule has 0 saturated carbocycles. The maximum absolute atomic E-state index is 11.5. The Labute approximate surface area is 133 Å². The number of hydrogen-bond acceptors (Lipinski definition) is 4. The van der Waals surface area contributed by atoms with E-state index in [9.17, 15) is 9.59 Å². The fraction of sp³-hybridized carbons (Fsp3) is 0.286. The van der Waals surface area contributed by atoms with Crippen molar-refractivity contribution < 1.29 is 9.59 Å². The average Bonchev–Trinajstić information content (AvgIpc) is 2.88. The van der Waals surface area contributed by atoms with Crippen LogP contribution in [0.5, 0.6) is 0 Å². The minimum absolute atomic E-state index is 0. The first-order chi connectivity index (χ1) is 9.70. The second-order valence-corrected chi connectivity index (χ2v) is 5.25. The van der Waals surface area contributed by atoms with Gasteiger partial charge in [0, 0.05) is 11.2 Å². The Hall–Kier alpha value is -1.63. The van der Waals surface area contributed by atoms with Gasteiger partial charge in [-0.1, -0.05) is 18.2 Å². The lowest BCUT2D eigenvalue weighted by Crippen LogP contribution is -2.40. The van der Waals surface area contributed by atoms with E-state index in [4.69, 9.17) is 5.73 Å². The summed E-state index contributed by atoms with van der Waals surface area (Å²) in [4.78, 5) is 22.4. The normalized spacial score (nSPS) is 9.95. The molecule has 0 aliphatic rings. The van der Waals surface area contributed by atoms with Crippen molar-refractivity contribution >= 4 is 45.6 Å². The van der Waals surface area contributed by atoms with Crippen LogP contribution in [0.2, 0.25) is 0 Å². The van der Waals surface area contributed by atoms with Gasteiger partial charge in [-0.3, -0.25) is 9.59 Å². The van der Waals surface area contributed by atoms with Crippen molar-refractivity contribution in [2.75, 3.05) is 19.6 Å². The van der Waals surface area contributed by atoms with Gasteiger partial charge < -0.3 is 16.4 Å². The van der Waals surface area contributed by atoms with Crippen molar-refractivity contribution in [3.63, 3.8) is 0 Å².